The molecule has 0 fully saturated rings. The van der Waals surface area contributed by atoms with Crippen molar-refractivity contribution in [2.75, 3.05) is 0 Å². The first-order chi connectivity index (χ1) is 5.11. The van der Waals surface area contributed by atoms with Crippen LogP contribution in [0, 0.1) is 9.52 Å². The van der Waals surface area contributed by atoms with Crippen LogP contribution in [0.5, 0.6) is 0 Å². The molecule has 0 atom stereocenters. The molecule has 0 aliphatic rings. The number of aromatic carboxylic acids is 1. The lowest BCUT2D eigenvalue weighted by Crippen LogP contribution is -2.01. The van der Waals surface area contributed by atoms with Gasteiger partial charge in [-0.1, -0.05) is 0 Å². The number of pyridine rings is 1. The Balaban J connectivity index is 3.20. The summed E-state index contributed by atoms with van der Waals surface area (Å²) in [7, 11) is 0. The highest BCUT2D eigenvalue weighted by atomic mass is 127. The first-order valence-corrected chi connectivity index (χ1v) is 3.73. The molecule has 0 saturated carbocycles. The number of nitrogens with zero attached hydrogens (tertiary/aromatic N) is 1. The number of carboxylic acids is 1. The van der Waals surface area contributed by atoms with Crippen LogP contribution < -0.4 is 0 Å². The van der Waals surface area contributed by atoms with Crippen LogP contribution in [0.1, 0.15) is 10.4 Å². The van der Waals surface area contributed by atoms with Crippen molar-refractivity contribution in [2.45, 2.75) is 0 Å². The minimum Gasteiger partial charge on any atom is -0.478 e. The summed E-state index contributed by atoms with van der Waals surface area (Å²) in [5.41, 5.74) is 0.0204. The summed E-state index contributed by atoms with van der Waals surface area (Å²) in [6, 6.07) is 1.07. The smallest absolute Gasteiger partial charge is 0.338 e. The molecule has 1 rings (SSSR count). The fourth-order valence-electron chi connectivity index (χ4n) is 0.565. The Morgan fingerprint density at radius 2 is 2.36 bits per heavy atom. The second-order valence-corrected chi connectivity index (χ2v) is 2.95. The van der Waals surface area contributed by atoms with Gasteiger partial charge in [-0.2, -0.15) is 4.39 Å². The third kappa shape index (κ3) is 1.86. The summed E-state index contributed by atoms with van der Waals surface area (Å²) < 4.78 is 12.7. The van der Waals surface area contributed by atoms with Crippen LogP contribution in [0.25, 0.3) is 0 Å². The molecule has 5 heteroatoms. The summed E-state index contributed by atoms with van der Waals surface area (Å²) in [6.07, 6.45) is 0.999. The second-order valence-electron chi connectivity index (χ2n) is 1.79. The van der Waals surface area contributed by atoms with Gasteiger partial charge >= 0.3 is 5.97 Å². The monoisotopic (exact) mass is 267 g/mol. The Labute approximate surface area is 75.4 Å². The molecule has 1 aromatic heterocycles. The van der Waals surface area contributed by atoms with Gasteiger partial charge in [0.25, 0.3) is 0 Å². The Morgan fingerprint density at radius 1 is 1.73 bits per heavy atom. The van der Waals surface area contributed by atoms with Crippen LogP contribution in [0.3, 0.4) is 0 Å². The number of aromatic nitrogens is 1. The molecule has 0 amide bonds. The largest absolute Gasteiger partial charge is 0.478 e. The quantitative estimate of drug-likeness (QED) is 0.620. The van der Waals surface area contributed by atoms with Crippen LogP contribution in [0.15, 0.2) is 12.3 Å². The number of hydrogen-bond acceptors (Lipinski definition) is 2. The first-order valence-electron chi connectivity index (χ1n) is 2.65. The molecule has 0 spiro atoms. The van der Waals surface area contributed by atoms with E-state index in [1.165, 1.54) is 0 Å². The Kier molecular flexibility index (Phi) is 2.38. The second kappa shape index (κ2) is 3.12. The normalized spacial score (nSPS) is 9.64. The zero-order valence-electron chi connectivity index (χ0n) is 5.21. The molecule has 0 bridgehead atoms. The van der Waals surface area contributed by atoms with Crippen molar-refractivity contribution in [1.29, 1.82) is 0 Å². The molecule has 1 heterocycles. The molecule has 0 saturated heterocycles. The third-order valence-electron chi connectivity index (χ3n) is 1.05. The van der Waals surface area contributed by atoms with Crippen LogP contribution >= 0.6 is 22.6 Å². The van der Waals surface area contributed by atoms with Crippen LogP contribution in [-0.2, 0) is 0 Å². The van der Waals surface area contributed by atoms with Crippen molar-refractivity contribution in [3.05, 3.63) is 27.3 Å². The maximum absolute atomic E-state index is 12.3. The number of carboxylic acid groups (broad SMARTS) is 1. The van der Waals surface area contributed by atoms with Gasteiger partial charge in [0.15, 0.2) is 0 Å². The van der Waals surface area contributed by atoms with Crippen molar-refractivity contribution in [2.24, 2.45) is 0 Å². The maximum atomic E-state index is 12.3. The van der Waals surface area contributed by atoms with E-state index in [2.05, 4.69) is 4.98 Å². The van der Waals surface area contributed by atoms with Crippen LogP contribution in [0.2, 0.25) is 0 Å². The van der Waals surface area contributed by atoms with Crippen molar-refractivity contribution < 1.29 is 14.3 Å². The summed E-state index contributed by atoms with van der Waals surface area (Å²) in [5.74, 6) is -1.76. The van der Waals surface area contributed by atoms with Gasteiger partial charge in [-0.05, 0) is 22.6 Å². The molecular formula is C6H3FINO2. The van der Waals surface area contributed by atoms with Gasteiger partial charge < -0.3 is 5.11 Å². The minimum absolute atomic E-state index is 0.0204. The Morgan fingerprint density at radius 3 is 2.82 bits per heavy atom. The lowest BCUT2D eigenvalue weighted by molar-refractivity contribution is 0.0695. The lowest BCUT2D eigenvalue weighted by atomic mass is 10.3. The molecule has 0 aliphatic heterocycles. The molecule has 11 heavy (non-hydrogen) atoms. The van der Waals surface area contributed by atoms with Gasteiger partial charge in [0, 0.05) is 15.8 Å². The molecule has 0 unspecified atom stereocenters. The van der Waals surface area contributed by atoms with Gasteiger partial charge in [0.2, 0.25) is 5.95 Å². The predicted octanol–water partition coefficient (Wildman–Crippen LogP) is 1.52. The molecule has 3 nitrogen and oxygen atoms in total. The van der Waals surface area contributed by atoms with Crippen molar-refractivity contribution >= 4 is 28.6 Å². The average molecular weight is 267 g/mol. The average Bonchev–Trinajstić information content (AvgIpc) is 1.85. The van der Waals surface area contributed by atoms with E-state index in [9.17, 15) is 9.18 Å². The zero-order chi connectivity index (χ0) is 8.43. The molecule has 0 radical (unpaired) electrons. The summed E-state index contributed by atoms with van der Waals surface area (Å²) >= 11 is 1.74. The van der Waals surface area contributed by atoms with Gasteiger partial charge in [-0.15, -0.1) is 0 Å². The Bertz CT molecular complexity index is 303. The highest BCUT2D eigenvalue weighted by Gasteiger charge is 2.08. The van der Waals surface area contributed by atoms with Gasteiger partial charge in [-0.3, -0.25) is 0 Å². The first kappa shape index (κ1) is 8.38. The van der Waals surface area contributed by atoms with Gasteiger partial charge in [0.05, 0.1) is 5.56 Å². The van der Waals surface area contributed by atoms with E-state index in [0.29, 0.717) is 3.57 Å². The fourth-order valence-corrected chi connectivity index (χ4v) is 1.19. The Hall–Kier alpha value is -0.720. The molecule has 1 N–H and O–H groups in total. The summed E-state index contributed by atoms with van der Waals surface area (Å²) in [4.78, 5) is 13.6. The number of halogens is 2. The predicted molar refractivity (Wildman–Crippen MR) is 43.9 cm³/mol. The van der Waals surface area contributed by atoms with Crippen LogP contribution in [-0.4, -0.2) is 16.1 Å². The summed E-state index contributed by atoms with van der Waals surface area (Å²) in [6.45, 7) is 0. The minimum atomic E-state index is -1.10. The van der Waals surface area contributed by atoms with Crippen molar-refractivity contribution in [1.82, 2.24) is 4.98 Å². The highest BCUT2D eigenvalue weighted by Crippen LogP contribution is 2.11. The summed E-state index contributed by atoms with van der Waals surface area (Å²) in [5, 5.41) is 8.49. The number of carbonyl (C=O) groups is 1. The third-order valence-corrected chi connectivity index (χ3v) is 1.94. The van der Waals surface area contributed by atoms with Crippen molar-refractivity contribution in [3.63, 3.8) is 0 Å². The van der Waals surface area contributed by atoms with Gasteiger partial charge in [-0.25, -0.2) is 9.78 Å². The molecule has 1 aromatic rings. The van der Waals surface area contributed by atoms with E-state index >= 15 is 0 Å². The molecule has 0 aromatic carbocycles. The fraction of sp³-hybridized carbons (Fsp3) is 0. The standard InChI is InChI=1S/C6H3FINO2/c7-5-1-4(8)3(2-9-5)6(10)11/h1-2H,(H,10,11). The van der Waals surface area contributed by atoms with Crippen molar-refractivity contribution in [3.8, 4) is 0 Å². The zero-order valence-corrected chi connectivity index (χ0v) is 7.37. The van der Waals surface area contributed by atoms with E-state index in [-0.39, 0.29) is 5.56 Å². The SMILES string of the molecule is O=C(O)c1cnc(F)cc1I. The molecule has 0 aliphatic carbocycles. The number of hydrogen-bond donors (Lipinski definition) is 1. The topological polar surface area (TPSA) is 50.2 Å². The van der Waals surface area contributed by atoms with E-state index in [0.717, 1.165) is 12.3 Å². The molecular weight excluding hydrogens is 264 g/mol. The van der Waals surface area contributed by atoms with Gasteiger partial charge in [0.1, 0.15) is 0 Å². The maximum Gasteiger partial charge on any atom is 0.338 e. The lowest BCUT2D eigenvalue weighted by Gasteiger charge is -1.95. The van der Waals surface area contributed by atoms with Crippen LogP contribution in [0.4, 0.5) is 4.39 Å². The van der Waals surface area contributed by atoms with E-state index in [4.69, 9.17) is 5.11 Å². The highest BCUT2D eigenvalue weighted by molar-refractivity contribution is 14.1. The van der Waals surface area contributed by atoms with E-state index < -0.39 is 11.9 Å². The van der Waals surface area contributed by atoms with E-state index in [1.54, 1.807) is 22.6 Å². The molecule has 58 valence electrons. The van der Waals surface area contributed by atoms with E-state index in [1.807, 2.05) is 0 Å². The number of rotatable bonds is 1.